The zero-order chi connectivity index (χ0) is 16.8. The first-order valence-electron chi connectivity index (χ1n) is 8.31. The molecule has 1 heterocycles. The van der Waals surface area contributed by atoms with Crippen molar-refractivity contribution in [3.05, 3.63) is 35.9 Å². The van der Waals surface area contributed by atoms with Crippen LogP contribution in [0.15, 0.2) is 30.3 Å². The molecule has 126 valence electrons. The van der Waals surface area contributed by atoms with Crippen molar-refractivity contribution in [3.8, 4) is 0 Å². The van der Waals surface area contributed by atoms with Crippen LogP contribution in [0, 0.1) is 0 Å². The van der Waals surface area contributed by atoms with Crippen LogP contribution in [0.5, 0.6) is 0 Å². The first kappa shape index (κ1) is 17.5. The fraction of sp³-hybridized carbons (Fsp3) is 0.556. The number of likely N-dealkylation sites (tertiary alicyclic amines) is 1. The number of hydrogen-bond acceptors (Lipinski definition) is 3. The number of nitrogens with zero attached hydrogens (tertiary/aromatic N) is 1. The molecule has 5 nitrogen and oxygen atoms in total. The maximum absolute atomic E-state index is 12.4. The molecule has 2 unspecified atom stereocenters. The predicted molar refractivity (Wildman–Crippen MR) is 90.9 cm³/mol. The molecule has 5 heteroatoms. The van der Waals surface area contributed by atoms with Crippen molar-refractivity contribution in [1.29, 1.82) is 0 Å². The largest absolute Gasteiger partial charge is 0.352 e. The molecule has 1 fully saturated rings. The maximum Gasteiger partial charge on any atom is 0.222 e. The zero-order valence-electron chi connectivity index (χ0n) is 14.2. The first-order valence-corrected chi connectivity index (χ1v) is 8.31. The van der Waals surface area contributed by atoms with Gasteiger partial charge in [-0.05, 0) is 25.8 Å². The Morgan fingerprint density at radius 2 is 1.96 bits per heavy atom. The Balaban J connectivity index is 1.92. The number of hydrogen-bond donors (Lipinski definition) is 2. The molecule has 2 N–H and O–H groups in total. The number of nitrogens with one attached hydrogen (secondary N) is 2. The summed E-state index contributed by atoms with van der Waals surface area (Å²) in [7, 11) is 0. The molecule has 2 rings (SSSR count). The van der Waals surface area contributed by atoms with E-state index in [9.17, 15) is 9.59 Å². The second-order valence-electron chi connectivity index (χ2n) is 6.51. The molecule has 2 amide bonds. The third-order valence-electron chi connectivity index (χ3n) is 4.28. The van der Waals surface area contributed by atoms with E-state index < -0.39 is 0 Å². The summed E-state index contributed by atoms with van der Waals surface area (Å²) in [6.07, 6.45) is 1.25. The Bertz CT molecular complexity index is 530. The van der Waals surface area contributed by atoms with Crippen LogP contribution in [-0.2, 0) is 9.59 Å². The van der Waals surface area contributed by atoms with Gasteiger partial charge in [-0.2, -0.15) is 0 Å². The standard InChI is InChI=1S/C18H27N3O2/c1-13(2)21-10-9-16(12-21)20-18(23)11-17(19-14(3)22)15-7-5-4-6-8-15/h4-8,13,16-17H,9-12H2,1-3H3,(H,19,22)(H,20,23). The van der Waals surface area contributed by atoms with E-state index in [1.807, 2.05) is 30.3 Å². The monoisotopic (exact) mass is 317 g/mol. The zero-order valence-corrected chi connectivity index (χ0v) is 14.2. The molecule has 0 radical (unpaired) electrons. The number of amides is 2. The van der Waals surface area contributed by atoms with Crippen molar-refractivity contribution in [3.63, 3.8) is 0 Å². The summed E-state index contributed by atoms with van der Waals surface area (Å²) < 4.78 is 0. The van der Waals surface area contributed by atoms with Crippen molar-refractivity contribution in [2.75, 3.05) is 13.1 Å². The lowest BCUT2D eigenvalue weighted by Gasteiger charge is -2.22. The Labute approximate surface area is 138 Å². The number of rotatable bonds is 6. The van der Waals surface area contributed by atoms with E-state index in [1.165, 1.54) is 6.92 Å². The molecule has 1 aliphatic rings. The second kappa shape index (κ2) is 8.11. The van der Waals surface area contributed by atoms with Gasteiger partial charge in [-0.15, -0.1) is 0 Å². The van der Waals surface area contributed by atoms with Gasteiger partial charge in [0.05, 0.1) is 12.5 Å². The van der Waals surface area contributed by atoms with E-state index in [4.69, 9.17) is 0 Å². The minimum atomic E-state index is -0.281. The Morgan fingerprint density at radius 1 is 1.26 bits per heavy atom. The fourth-order valence-electron chi connectivity index (χ4n) is 3.03. The number of carbonyl (C=O) groups is 2. The third kappa shape index (κ3) is 5.36. The van der Waals surface area contributed by atoms with Crippen molar-refractivity contribution in [2.45, 2.75) is 51.7 Å². The van der Waals surface area contributed by atoms with E-state index in [0.717, 1.165) is 25.1 Å². The molecule has 1 aromatic rings. The van der Waals surface area contributed by atoms with Crippen LogP contribution in [0.4, 0.5) is 0 Å². The Morgan fingerprint density at radius 3 is 2.52 bits per heavy atom. The van der Waals surface area contributed by atoms with Gasteiger partial charge in [0, 0.05) is 32.1 Å². The molecule has 1 saturated heterocycles. The Hall–Kier alpha value is -1.88. The molecular formula is C18H27N3O2. The topological polar surface area (TPSA) is 61.4 Å². The van der Waals surface area contributed by atoms with Gasteiger partial charge < -0.3 is 10.6 Å². The predicted octanol–water partition coefficient (Wildman–Crippen LogP) is 1.85. The highest BCUT2D eigenvalue weighted by Crippen LogP contribution is 2.18. The van der Waals surface area contributed by atoms with Gasteiger partial charge in [0.2, 0.25) is 11.8 Å². The quantitative estimate of drug-likeness (QED) is 0.842. The van der Waals surface area contributed by atoms with Gasteiger partial charge in [-0.25, -0.2) is 0 Å². The van der Waals surface area contributed by atoms with Crippen molar-refractivity contribution >= 4 is 11.8 Å². The Kier molecular flexibility index (Phi) is 6.16. The summed E-state index contributed by atoms with van der Waals surface area (Å²) in [6.45, 7) is 7.75. The molecule has 0 bridgehead atoms. The molecule has 1 aliphatic heterocycles. The van der Waals surface area contributed by atoms with E-state index in [1.54, 1.807) is 0 Å². The van der Waals surface area contributed by atoms with Crippen LogP contribution in [-0.4, -0.2) is 41.9 Å². The molecule has 23 heavy (non-hydrogen) atoms. The van der Waals surface area contributed by atoms with Gasteiger partial charge >= 0.3 is 0 Å². The number of benzene rings is 1. The summed E-state index contributed by atoms with van der Waals surface area (Å²) in [5, 5.41) is 5.97. The van der Waals surface area contributed by atoms with E-state index in [-0.39, 0.29) is 30.3 Å². The van der Waals surface area contributed by atoms with Crippen LogP contribution in [0.25, 0.3) is 0 Å². The average Bonchev–Trinajstić information content (AvgIpc) is 2.95. The lowest BCUT2D eigenvalue weighted by Crippen LogP contribution is -2.40. The van der Waals surface area contributed by atoms with Gasteiger partial charge in [-0.1, -0.05) is 30.3 Å². The van der Waals surface area contributed by atoms with Gasteiger partial charge in [0.15, 0.2) is 0 Å². The summed E-state index contributed by atoms with van der Waals surface area (Å²) in [6, 6.07) is 10.1. The number of carbonyl (C=O) groups excluding carboxylic acids is 2. The van der Waals surface area contributed by atoms with Gasteiger partial charge in [-0.3, -0.25) is 14.5 Å². The first-order chi connectivity index (χ1) is 11.0. The molecular weight excluding hydrogens is 290 g/mol. The second-order valence-corrected chi connectivity index (χ2v) is 6.51. The van der Waals surface area contributed by atoms with Gasteiger partial charge in [0.25, 0.3) is 0 Å². The lowest BCUT2D eigenvalue weighted by atomic mass is 10.0. The summed E-state index contributed by atoms with van der Waals surface area (Å²) >= 11 is 0. The molecule has 2 atom stereocenters. The smallest absolute Gasteiger partial charge is 0.222 e. The van der Waals surface area contributed by atoms with Crippen LogP contribution >= 0.6 is 0 Å². The highest BCUT2D eigenvalue weighted by atomic mass is 16.2. The minimum Gasteiger partial charge on any atom is -0.352 e. The molecule has 0 aliphatic carbocycles. The van der Waals surface area contributed by atoms with Crippen molar-refractivity contribution in [2.24, 2.45) is 0 Å². The normalized spacial score (nSPS) is 19.6. The van der Waals surface area contributed by atoms with Gasteiger partial charge in [0.1, 0.15) is 0 Å². The fourth-order valence-corrected chi connectivity index (χ4v) is 3.03. The minimum absolute atomic E-state index is 0.0109. The molecule has 0 spiro atoms. The van der Waals surface area contributed by atoms with E-state index in [2.05, 4.69) is 29.4 Å². The summed E-state index contributed by atoms with van der Waals surface area (Å²) in [4.78, 5) is 26.2. The molecule has 1 aromatic carbocycles. The average molecular weight is 317 g/mol. The summed E-state index contributed by atoms with van der Waals surface area (Å²) in [5.74, 6) is -0.137. The van der Waals surface area contributed by atoms with Crippen LogP contribution in [0.1, 0.15) is 45.2 Å². The third-order valence-corrected chi connectivity index (χ3v) is 4.28. The van der Waals surface area contributed by atoms with Crippen LogP contribution in [0.3, 0.4) is 0 Å². The van der Waals surface area contributed by atoms with E-state index in [0.29, 0.717) is 6.04 Å². The van der Waals surface area contributed by atoms with Crippen LogP contribution < -0.4 is 10.6 Å². The van der Waals surface area contributed by atoms with E-state index >= 15 is 0 Å². The highest BCUT2D eigenvalue weighted by molar-refractivity contribution is 5.79. The van der Waals surface area contributed by atoms with Crippen LogP contribution in [0.2, 0.25) is 0 Å². The lowest BCUT2D eigenvalue weighted by molar-refractivity contribution is -0.123. The summed E-state index contributed by atoms with van der Waals surface area (Å²) in [5.41, 5.74) is 0.952. The maximum atomic E-state index is 12.4. The highest BCUT2D eigenvalue weighted by Gasteiger charge is 2.26. The van der Waals surface area contributed by atoms with Crippen molar-refractivity contribution in [1.82, 2.24) is 15.5 Å². The SMILES string of the molecule is CC(=O)NC(CC(=O)NC1CCN(C(C)C)C1)c1ccccc1. The van der Waals surface area contributed by atoms with Crippen molar-refractivity contribution < 1.29 is 9.59 Å². The molecule has 0 aromatic heterocycles. The molecule has 0 saturated carbocycles.